The normalized spacial score (nSPS) is 18.3. The third-order valence-electron chi connectivity index (χ3n) is 4.75. The van der Waals surface area contributed by atoms with Crippen LogP contribution in [0.4, 0.5) is 0 Å². The van der Waals surface area contributed by atoms with Gasteiger partial charge in [0.15, 0.2) is 5.76 Å². The van der Waals surface area contributed by atoms with Crippen LogP contribution in [0.15, 0.2) is 34.9 Å². The van der Waals surface area contributed by atoms with Gasteiger partial charge in [0.1, 0.15) is 17.3 Å². The second-order valence-electron chi connectivity index (χ2n) is 7.01. The summed E-state index contributed by atoms with van der Waals surface area (Å²) in [4.78, 5) is 17.0. The molecule has 3 rings (SSSR count). The third-order valence-corrected chi connectivity index (χ3v) is 4.75. The molecule has 1 aromatic heterocycles. The van der Waals surface area contributed by atoms with E-state index in [0.29, 0.717) is 29.5 Å². The molecule has 2 aromatic rings. The molecule has 0 N–H and O–H groups in total. The molecular weight excluding hydrogens is 328 g/mol. The largest absolute Gasteiger partial charge is 0.360 e. The minimum atomic E-state index is 0.00297. The van der Waals surface area contributed by atoms with Crippen LogP contribution in [0.2, 0.25) is 0 Å². The van der Waals surface area contributed by atoms with Crippen molar-refractivity contribution < 1.29 is 9.32 Å². The van der Waals surface area contributed by atoms with Crippen LogP contribution >= 0.6 is 0 Å². The van der Waals surface area contributed by atoms with Crippen molar-refractivity contribution in [2.75, 3.05) is 26.2 Å². The maximum Gasteiger partial charge on any atom is 0.228 e. The summed E-state index contributed by atoms with van der Waals surface area (Å²) in [7, 11) is 0. The molecule has 1 unspecified atom stereocenters. The predicted molar refractivity (Wildman–Crippen MR) is 97.1 cm³/mol. The molecule has 136 valence electrons. The molecule has 6 nitrogen and oxygen atoms in total. The molecule has 1 aliphatic heterocycles. The van der Waals surface area contributed by atoms with Crippen molar-refractivity contribution in [3.63, 3.8) is 0 Å². The Morgan fingerprint density at radius 2 is 2.08 bits per heavy atom. The SMILES string of the molecule is Cc1onc(CC(=O)N2CCN(Cc3ccccc3)CC(C)C2)c1C#N. The zero-order valence-corrected chi connectivity index (χ0v) is 15.3. The Hall–Kier alpha value is -2.65. The van der Waals surface area contributed by atoms with Gasteiger partial charge in [0.05, 0.1) is 6.42 Å². The van der Waals surface area contributed by atoms with E-state index in [1.165, 1.54) is 5.56 Å². The van der Waals surface area contributed by atoms with Gasteiger partial charge in [0, 0.05) is 32.7 Å². The number of carbonyl (C=O) groups is 1. The summed E-state index contributed by atoms with van der Waals surface area (Å²) in [5.74, 6) is 0.858. The van der Waals surface area contributed by atoms with Gasteiger partial charge in [-0.05, 0) is 18.4 Å². The van der Waals surface area contributed by atoms with Gasteiger partial charge in [-0.15, -0.1) is 0 Å². The molecule has 1 aromatic carbocycles. The van der Waals surface area contributed by atoms with E-state index in [-0.39, 0.29) is 12.3 Å². The first-order valence-electron chi connectivity index (χ1n) is 8.96. The van der Waals surface area contributed by atoms with Gasteiger partial charge in [-0.3, -0.25) is 9.69 Å². The molecule has 1 atom stereocenters. The summed E-state index contributed by atoms with van der Waals surface area (Å²) in [6, 6.07) is 12.5. The maximum absolute atomic E-state index is 12.7. The number of benzene rings is 1. The summed E-state index contributed by atoms with van der Waals surface area (Å²) >= 11 is 0. The van der Waals surface area contributed by atoms with E-state index in [1.54, 1.807) is 6.92 Å². The molecule has 6 heteroatoms. The van der Waals surface area contributed by atoms with Crippen LogP contribution in [0, 0.1) is 24.2 Å². The molecule has 0 spiro atoms. The predicted octanol–water partition coefficient (Wildman–Crippen LogP) is 2.38. The van der Waals surface area contributed by atoms with E-state index in [4.69, 9.17) is 4.52 Å². The Kier molecular flexibility index (Phi) is 5.69. The van der Waals surface area contributed by atoms with Crippen molar-refractivity contribution in [3.05, 3.63) is 52.9 Å². The smallest absolute Gasteiger partial charge is 0.228 e. The summed E-state index contributed by atoms with van der Waals surface area (Å²) in [5.41, 5.74) is 2.11. The van der Waals surface area contributed by atoms with E-state index < -0.39 is 0 Å². The number of rotatable bonds is 4. The minimum Gasteiger partial charge on any atom is -0.360 e. The van der Waals surface area contributed by atoms with E-state index >= 15 is 0 Å². The van der Waals surface area contributed by atoms with Crippen LogP contribution in [0.1, 0.15) is 29.5 Å². The van der Waals surface area contributed by atoms with Gasteiger partial charge in [-0.25, -0.2) is 0 Å². The van der Waals surface area contributed by atoms with Gasteiger partial charge in [-0.1, -0.05) is 42.4 Å². The highest BCUT2D eigenvalue weighted by molar-refractivity contribution is 5.79. The van der Waals surface area contributed by atoms with Gasteiger partial charge in [-0.2, -0.15) is 5.26 Å². The first-order chi connectivity index (χ1) is 12.6. The molecule has 1 fully saturated rings. The summed E-state index contributed by atoms with van der Waals surface area (Å²) in [6.07, 6.45) is 0.117. The number of hydrogen-bond acceptors (Lipinski definition) is 5. The fraction of sp³-hybridized carbons (Fsp3) is 0.450. The van der Waals surface area contributed by atoms with E-state index in [2.05, 4.69) is 47.3 Å². The van der Waals surface area contributed by atoms with Gasteiger partial charge < -0.3 is 9.42 Å². The Morgan fingerprint density at radius 3 is 2.81 bits per heavy atom. The lowest BCUT2D eigenvalue weighted by Gasteiger charge is -2.22. The zero-order chi connectivity index (χ0) is 18.5. The van der Waals surface area contributed by atoms with Gasteiger partial charge in [0.2, 0.25) is 5.91 Å². The fourth-order valence-electron chi connectivity index (χ4n) is 3.47. The second-order valence-corrected chi connectivity index (χ2v) is 7.01. The highest BCUT2D eigenvalue weighted by Crippen LogP contribution is 2.16. The Bertz CT molecular complexity index is 794. The highest BCUT2D eigenvalue weighted by atomic mass is 16.5. The molecule has 0 aliphatic carbocycles. The Labute approximate surface area is 154 Å². The number of aryl methyl sites for hydroxylation is 1. The molecule has 1 amide bonds. The first-order valence-corrected chi connectivity index (χ1v) is 8.96. The van der Waals surface area contributed by atoms with Gasteiger partial charge in [0.25, 0.3) is 0 Å². The summed E-state index contributed by atoms with van der Waals surface area (Å²) in [5, 5.41) is 13.1. The lowest BCUT2D eigenvalue weighted by Crippen LogP contribution is -2.37. The van der Waals surface area contributed by atoms with Crippen LogP contribution < -0.4 is 0 Å². The molecular formula is C20H24N4O2. The zero-order valence-electron chi connectivity index (χ0n) is 15.3. The average molecular weight is 352 g/mol. The van der Waals surface area contributed by atoms with E-state index in [9.17, 15) is 10.1 Å². The minimum absolute atomic E-state index is 0.00297. The monoisotopic (exact) mass is 352 g/mol. The van der Waals surface area contributed by atoms with Crippen molar-refractivity contribution in [3.8, 4) is 6.07 Å². The fourth-order valence-corrected chi connectivity index (χ4v) is 3.47. The molecule has 1 saturated heterocycles. The quantitative estimate of drug-likeness (QED) is 0.845. The van der Waals surface area contributed by atoms with E-state index in [0.717, 1.165) is 26.2 Å². The highest BCUT2D eigenvalue weighted by Gasteiger charge is 2.25. The van der Waals surface area contributed by atoms with Crippen LogP contribution in [0.25, 0.3) is 0 Å². The number of hydrogen-bond donors (Lipinski definition) is 0. The third kappa shape index (κ3) is 4.30. The number of nitrogens with zero attached hydrogens (tertiary/aromatic N) is 4. The molecule has 1 aliphatic rings. The van der Waals surface area contributed by atoms with Crippen LogP contribution in [-0.4, -0.2) is 47.0 Å². The summed E-state index contributed by atoms with van der Waals surface area (Å²) in [6.45, 7) is 7.98. The second kappa shape index (κ2) is 8.15. The molecule has 0 bridgehead atoms. The van der Waals surface area contributed by atoms with Crippen LogP contribution in [-0.2, 0) is 17.8 Å². The standard InChI is InChI=1S/C20H24N4O2/c1-15-12-23(14-17-6-4-3-5-7-17)8-9-24(13-15)20(25)10-19-18(11-21)16(2)26-22-19/h3-7,15H,8-10,12-14H2,1-2H3. The molecule has 26 heavy (non-hydrogen) atoms. The lowest BCUT2D eigenvalue weighted by atomic mass is 10.1. The number of aromatic nitrogens is 1. The maximum atomic E-state index is 12.7. The van der Waals surface area contributed by atoms with Crippen LogP contribution in [0.5, 0.6) is 0 Å². The average Bonchev–Trinajstić information content (AvgIpc) is 2.86. The topological polar surface area (TPSA) is 73.4 Å². The molecule has 0 radical (unpaired) electrons. The Morgan fingerprint density at radius 1 is 1.31 bits per heavy atom. The van der Waals surface area contributed by atoms with Crippen LogP contribution in [0.3, 0.4) is 0 Å². The van der Waals surface area contributed by atoms with Crippen molar-refractivity contribution in [2.45, 2.75) is 26.8 Å². The molecule has 2 heterocycles. The van der Waals surface area contributed by atoms with Crippen molar-refractivity contribution in [2.24, 2.45) is 5.92 Å². The van der Waals surface area contributed by atoms with Crippen molar-refractivity contribution in [1.82, 2.24) is 15.0 Å². The number of carbonyl (C=O) groups excluding carboxylic acids is 1. The van der Waals surface area contributed by atoms with E-state index in [1.807, 2.05) is 11.0 Å². The molecule has 0 saturated carbocycles. The van der Waals surface area contributed by atoms with Crippen molar-refractivity contribution >= 4 is 5.91 Å². The van der Waals surface area contributed by atoms with Gasteiger partial charge >= 0.3 is 0 Å². The Balaban J connectivity index is 1.62. The number of nitriles is 1. The van der Waals surface area contributed by atoms with Crippen molar-refractivity contribution in [1.29, 1.82) is 5.26 Å². The summed E-state index contributed by atoms with van der Waals surface area (Å²) < 4.78 is 5.05. The first kappa shape index (κ1) is 18.2. The lowest BCUT2D eigenvalue weighted by molar-refractivity contribution is -0.130. The number of amides is 1.